The van der Waals surface area contributed by atoms with Gasteiger partial charge in [-0.3, -0.25) is 0 Å². The van der Waals surface area contributed by atoms with E-state index in [0.29, 0.717) is 5.92 Å². The first-order chi connectivity index (χ1) is 5.72. The quantitative estimate of drug-likeness (QED) is 0.559. The van der Waals surface area contributed by atoms with E-state index in [1.807, 2.05) is 6.08 Å². The number of rotatable bonds is 3. The van der Waals surface area contributed by atoms with E-state index in [1.54, 1.807) is 12.2 Å². The van der Waals surface area contributed by atoms with Crippen molar-refractivity contribution in [3.8, 4) is 0 Å². The molecule has 1 aliphatic carbocycles. The van der Waals surface area contributed by atoms with Gasteiger partial charge in [-0.2, -0.15) is 0 Å². The lowest BCUT2D eigenvalue weighted by Gasteiger charge is -2.12. The minimum absolute atomic E-state index is 0.129. The van der Waals surface area contributed by atoms with Crippen molar-refractivity contribution in [2.24, 2.45) is 5.92 Å². The summed E-state index contributed by atoms with van der Waals surface area (Å²) in [6, 6.07) is 0. The van der Waals surface area contributed by atoms with Crippen LogP contribution in [0.4, 0.5) is 4.39 Å². The molecule has 0 aromatic rings. The predicted octanol–water partition coefficient (Wildman–Crippen LogP) is 3.55. The van der Waals surface area contributed by atoms with Crippen molar-refractivity contribution >= 4 is 0 Å². The van der Waals surface area contributed by atoms with Crippen molar-refractivity contribution in [3.63, 3.8) is 0 Å². The highest BCUT2D eigenvalue weighted by atomic mass is 19.1. The molecule has 0 aromatic heterocycles. The van der Waals surface area contributed by atoms with Gasteiger partial charge in [0.1, 0.15) is 5.83 Å². The highest BCUT2D eigenvalue weighted by Gasteiger charge is 2.08. The largest absolute Gasteiger partial charge is 0.207 e. The molecule has 0 aromatic carbocycles. The second-order valence-corrected chi connectivity index (χ2v) is 3.01. The molecule has 0 nitrogen and oxygen atoms in total. The molecule has 0 aliphatic heterocycles. The fourth-order valence-corrected chi connectivity index (χ4v) is 1.21. The molecule has 64 valence electrons. The standard InChI is InChI=1S/C11H13F/c1-3-9(2)8-10-4-6-11(12)7-5-10/h3-4,6-7,10H,1-2,5,8H2. The zero-order valence-electron chi connectivity index (χ0n) is 7.09. The maximum atomic E-state index is 12.5. The highest BCUT2D eigenvalue weighted by Crippen LogP contribution is 2.22. The fraction of sp³-hybridized carbons (Fsp3) is 0.273. The van der Waals surface area contributed by atoms with Gasteiger partial charge < -0.3 is 0 Å². The minimum Gasteiger partial charge on any atom is -0.207 e. The topological polar surface area (TPSA) is 0 Å². The van der Waals surface area contributed by atoms with Gasteiger partial charge in [0.2, 0.25) is 0 Å². The molecule has 0 saturated heterocycles. The first-order valence-corrected chi connectivity index (χ1v) is 4.06. The molecule has 0 fully saturated rings. The Morgan fingerprint density at radius 1 is 1.75 bits per heavy atom. The van der Waals surface area contributed by atoms with Gasteiger partial charge in [0.15, 0.2) is 0 Å². The van der Waals surface area contributed by atoms with E-state index in [1.165, 1.54) is 6.08 Å². The Kier molecular flexibility index (Phi) is 3.03. The van der Waals surface area contributed by atoms with Crippen LogP contribution in [0.15, 0.2) is 48.9 Å². The van der Waals surface area contributed by atoms with Gasteiger partial charge in [-0.05, 0) is 30.9 Å². The van der Waals surface area contributed by atoms with Crippen LogP contribution in [0, 0.1) is 5.92 Å². The van der Waals surface area contributed by atoms with Gasteiger partial charge in [0.25, 0.3) is 0 Å². The molecule has 0 heterocycles. The third-order valence-electron chi connectivity index (χ3n) is 1.96. The molecule has 12 heavy (non-hydrogen) atoms. The second kappa shape index (κ2) is 4.05. The van der Waals surface area contributed by atoms with Crippen LogP contribution in [0.3, 0.4) is 0 Å². The Hall–Kier alpha value is -1.11. The van der Waals surface area contributed by atoms with E-state index in [-0.39, 0.29) is 5.83 Å². The number of hydrogen-bond donors (Lipinski definition) is 0. The van der Waals surface area contributed by atoms with Crippen LogP contribution in [-0.2, 0) is 0 Å². The van der Waals surface area contributed by atoms with Crippen LogP contribution < -0.4 is 0 Å². The average Bonchev–Trinajstić information content (AvgIpc) is 2.09. The minimum atomic E-state index is -0.129. The van der Waals surface area contributed by atoms with Gasteiger partial charge in [0, 0.05) is 0 Å². The summed E-state index contributed by atoms with van der Waals surface area (Å²) in [7, 11) is 0. The lowest BCUT2D eigenvalue weighted by Crippen LogP contribution is -1.99. The lowest BCUT2D eigenvalue weighted by atomic mass is 9.93. The van der Waals surface area contributed by atoms with Crippen LogP contribution in [-0.4, -0.2) is 0 Å². The molecule has 1 unspecified atom stereocenters. The van der Waals surface area contributed by atoms with Gasteiger partial charge in [-0.15, -0.1) is 0 Å². The van der Waals surface area contributed by atoms with Crippen molar-refractivity contribution in [2.45, 2.75) is 12.8 Å². The molecule has 1 aliphatic rings. The summed E-state index contributed by atoms with van der Waals surface area (Å²) in [6.45, 7) is 7.45. The monoisotopic (exact) mass is 164 g/mol. The maximum Gasteiger partial charge on any atom is 0.118 e. The second-order valence-electron chi connectivity index (χ2n) is 3.01. The van der Waals surface area contributed by atoms with Crippen molar-refractivity contribution in [1.29, 1.82) is 0 Å². The summed E-state index contributed by atoms with van der Waals surface area (Å²) in [5, 5.41) is 0. The molecule has 0 saturated carbocycles. The third-order valence-corrected chi connectivity index (χ3v) is 1.96. The highest BCUT2D eigenvalue weighted by molar-refractivity contribution is 5.21. The normalized spacial score (nSPS) is 21.8. The Morgan fingerprint density at radius 3 is 3.00 bits per heavy atom. The Bertz CT molecular complexity index is 246. The molecule has 0 bridgehead atoms. The van der Waals surface area contributed by atoms with E-state index >= 15 is 0 Å². The van der Waals surface area contributed by atoms with E-state index in [9.17, 15) is 4.39 Å². The predicted molar refractivity (Wildman–Crippen MR) is 50.4 cm³/mol. The first-order valence-electron chi connectivity index (χ1n) is 4.06. The molecule has 0 N–H and O–H groups in total. The van der Waals surface area contributed by atoms with Crippen molar-refractivity contribution < 1.29 is 4.39 Å². The Labute approximate surface area is 72.8 Å². The van der Waals surface area contributed by atoms with Crippen LogP contribution in [0.5, 0.6) is 0 Å². The zero-order valence-corrected chi connectivity index (χ0v) is 7.09. The summed E-state index contributed by atoms with van der Waals surface area (Å²) in [4.78, 5) is 0. The third kappa shape index (κ3) is 2.50. The molecular weight excluding hydrogens is 151 g/mol. The van der Waals surface area contributed by atoms with Gasteiger partial charge >= 0.3 is 0 Å². The van der Waals surface area contributed by atoms with Crippen molar-refractivity contribution in [1.82, 2.24) is 0 Å². The number of allylic oxidation sites excluding steroid dienone is 6. The molecular formula is C11H13F. The first kappa shape index (κ1) is 8.98. The summed E-state index contributed by atoms with van der Waals surface area (Å²) in [6.07, 6.45) is 8.43. The van der Waals surface area contributed by atoms with Crippen molar-refractivity contribution in [3.05, 3.63) is 48.9 Å². The van der Waals surface area contributed by atoms with E-state index in [2.05, 4.69) is 13.2 Å². The van der Waals surface area contributed by atoms with Crippen LogP contribution in [0.1, 0.15) is 12.8 Å². The SMILES string of the molecule is C=CC(=C)CC1C=CC(F)=CC1. The molecule has 0 spiro atoms. The van der Waals surface area contributed by atoms with Gasteiger partial charge in [-0.25, -0.2) is 4.39 Å². The average molecular weight is 164 g/mol. The smallest absolute Gasteiger partial charge is 0.118 e. The van der Waals surface area contributed by atoms with Crippen LogP contribution >= 0.6 is 0 Å². The summed E-state index contributed by atoms with van der Waals surface area (Å²) >= 11 is 0. The van der Waals surface area contributed by atoms with Crippen LogP contribution in [0.2, 0.25) is 0 Å². The van der Waals surface area contributed by atoms with Crippen LogP contribution in [0.25, 0.3) is 0 Å². The zero-order chi connectivity index (χ0) is 8.97. The van der Waals surface area contributed by atoms with Crippen molar-refractivity contribution in [2.75, 3.05) is 0 Å². The lowest BCUT2D eigenvalue weighted by molar-refractivity contribution is 0.599. The number of hydrogen-bond acceptors (Lipinski definition) is 0. The molecule has 1 atom stereocenters. The van der Waals surface area contributed by atoms with Gasteiger partial charge in [0.05, 0.1) is 0 Å². The number of halogens is 1. The molecule has 1 heteroatoms. The van der Waals surface area contributed by atoms with E-state index in [4.69, 9.17) is 0 Å². The fourth-order valence-electron chi connectivity index (χ4n) is 1.21. The maximum absolute atomic E-state index is 12.5. The summed E-state index contributed by atoms with van der Waals surface area (Å²) < 4.78 is 12.5. The molecule has 0 radical (unpaired) electrons. The summed E-state index contributed by atoms with van der Waals surface area (Å²) in [5.41, 5.74) is 1.01. The Balaban J connectivity index is 2.43. The van der Waals surface area contributed by atoms with E-state index < -0.39 is 0 Å². The Morgan fingerprint density at radius 2 is 2.50 bits per heavy atom. The van der Waals surface area contributed by atoms with E-state index in [0.717, 1.165) is 18.4 Å². The molecule has 0 amide bonds. The van der Waals surface area contributed by atoms with Gasteiger partial charge in [-0.1, -0.05) is 30.9 Å². The summed E-state index contributed by atoms with van der Waals surface area (Å²) in [5.74, 6) is 0.269. The molecule has 1 rings (SSSR count).